The van der Waals surface area contributed by atoms with Crippen LogP contribution in [0.3, 0.4) is 0 Å². The van der Waals surface area contributed by atoms with Gasteiger partial charge in [-0.2, -0.15) is 0 Å². The molecule has 1 unspecified atom stereocenters. The lowest BCUT2D eigenvalue weighted by Gasteiger charge is -2.15. The maximum Gasteiger partial charge on any atom is 0.120 e. The molecule has 0 saturated carbocycles. The highest BCUT2D eigenvalue weighted by molar-refractivity contribution is 7.80. The van der Waals surface area contributed by atoms with E-state index in [-0.39, 0.29) is 0 Å². The monoisotopic (exact) mass is 237 g/mol. The predicted molar refractivity (Wildman–Crippen MR) is 71.1 cm³/mol. The van der Waals surface area contributed by atoms with Crippen molar-refractivity contribution < 1.29 is 4.74 Å². The van der Waals surface area contributed by atoms with Gasteiger partial charge in [0.05, 0.1) is 6.61 Å². The highest BCUT2D eigenvalue weighted by atomic mass is 32.1. The van der Waals surface area contributed by atoms with Gasteiger partial charge < -0.3 is 4.74 Å². The van der Waals surface area contributed by atoms with E-state index in [2.05, 4.69) is 13.8 Å². The van der Waals surface area contributed by atoms with Crippen LogP contribution in [0.1, 0.15) is 39.5 Å². The minimum absolute atomic E-state index is 0.675. The summed E-state index contributed by atoms with van der Waals surface area (Å²) < 4.78 is 5.77. The van der Waals surface area contributed by atoms with Crippen LogP contribution in [0.25, 0.3) is 0 Å². The molecule has 1 aromatic carbocycles. The summed E-state index contributed by atoms with van der Waals surface area (Å²) in [4.78, 5) is 0.846. The van der Waals surface area contributed by atoms with Crippen LogP contribution in [0.15, 0.2) is 29.2 Å². The fourth-order valence-electron chi connectivity index (χ4n) is 1.68. The zero-order valence-electron chi connectivity index (χ0n) is 10.2. The van der Waals surface area contributed by atoms with E-state index in [9.17, 15) is 0 Å². The second-order valence-corrected chi connectivity index (χ2v) is 4.67. The smallest absolute Gasteiger partial charge is 0.120 e. The molecule has 1 nitrogen and oxygen atoms in total. The van der Waals surface area contributed by atoms with Gasteiger partial charge in [0, 0.05) is 4.90 Å². The Morgan fingerprint density at radius 3 is 2.75 bits per heavy atom. The van der Waals surface area contributed by atoms with Gasteiger partial charge in [-0.15, -0.1) is 0 Å². The third-order valence-electron chi connectivity index (χ3n) is 2.83. The lowest BCUT2D eigenvalue weighted by Crippen LogP contribution is -2.11. The van der Waals surface area contributed by atoms with Gasteiger partial charge in [0.2, 0.25) is 0 Å². The molecule has 0 spiro atoms. The lowest BCUT2D eigenvalue weighted by molar-refractivity contribution is 0.233. The maximum absolute atomic E-state index is 5.77. The van der Waals surface area contributed by atoms with Gasteiger partial charge >= 0.3 is 0 Å². The van der Waals surface area contributed by atoms with Gasteiger partial charge in [0.25, 0.3) is 0 Å². The second kappa shape index (κ2) is 7.50. The van der Waals surface area contributed by atoms with Crippen molar-refractivity contribution >= 4 is 12.6 Å². The van der Waals surface area contributed by atoms with Crippen LogP contribution < -0.4 is 4.74 Å². The van der Waals surface area contributed by atoms with E-state index in [0.29, 0.717) is 5.92 Å². The van der Waals surface area contributed by atoms with Crippen LogP contribution in [0.2, 0.25) is 0 Å². The molecule has 0 aromatic heterocycles. The lowest BCUT2D eigenvalue weighted by atomic mass is 10.0. The van der Waals surface area contributed by atoms with E-state index in [1.807, 2.05) is 24.3 Å². The first kappa shape index (κ1) is 13.3. The summed E-state index contributed by atoms with van der Waals surface area (Å²) in [6.45, 7) is 5.27. The SMILES string of the molecule is CCCCC(CC)COc1cccc([S])c1. The van der Waals surface area contributed by atoms with Crippen molar-refractivity contribution in [3.05, 3.63) is 24.3 Å². The van der Waals surface area contributed by atoms with Gasteiger partial charge in [-0.05, 0) is 30.5 Å². The van der Waals surface area contributed by atoms with E-state index in [0.717, 1.165) is 17.3 Å². The van der Waals surface area contributed by atoms with Crippen LogP contribution in [0.5, 0.6) is 5.75 Å². The largest absolute Gasteiger partial charge is 0.493 e. The van der Waals surface area contributed by atoms with E-state index < -0.39 is 0 Å². The maximum atomic E-state index is 5.77. The number of unbranched alkanes of at least 4 members (excludes halogenated alkanes) is 1. The molecule has 1 radical (unpaired) electrons. The van der Waals surface area contributed by atoms with Crippen LogP contribution in [-0.2, 0) is 0 Å². The minimum Gasteiger partial charge on any atom is -0.493 e. The molecular weight excluding hydrogens is 216 g/mol. The van der Waals surface area contributed by atoms with Crippen molar-refractivity contribution in [3.8, 4) is 5.75 Å². The second-order valence-electron chi connectivity index (χ2n) is 4.20. The van der Waals surface area contributed by atoms with Crippen LogP contribution in [-0.4, -0.2) is 6.61 Å². The molecule has 0 amide bonds. The number of hydrogen-bond acceptors (Lipinski definition) is 1. The molecule has 2 heteroatoms. The average Bonchev–Trinajstić information content (AvgIpc) is 2.29. The van der Waals surface area contributed by atoms with Gasteiger partial charge in [0.15, 0.2) is 0 Å². The zero-order chi connectivity index (χ0) is 11.8. The van der Waals surface area contributed by atoms with Crippen molar-refractivity contribution in [2.24, 2.45) is 5.92 Å². The van der Waals surface area contributed by atoms with Crippen LogP contribution in [0, 0.1) is 5.92 Å². The molecule has 0 heterocycles. The first-order valence-corrected chi connectivity index (χ1v) is 6.57. The Morgan fingerprint density at radius 1 is 1.31 bits per heavy atom. The number of ether oxygens (including phenoxy) is 1. The summed E-state index contributed by atoms with van der Waals surface area (Å²) in [5, 5.41) is 0. The van der Waals surface area contributed by atoms with Gasteiger partial charge in [-0.1, -0.05) is 51.8 Å². The van der Waals surface area contributed by atoms with E-state index in [4.69, 9.17) is 17.4 Å². The Balaban J connectivity index is 2.37. The Morgan fingerprint density at radius 2 is 2.12 bits per heavy atom. The minimum atomic E-state index is 0.675. The van der Waals surface area contributed by atoms with Crippen molar-refractivity contribution in [2.75, 3.05) is 6.61 Å². The summed E-state index contributed by atoms with van der Waals surface area (Å²) in [5.74, 6) is 1.58. The molecule has 1 aromatic rings. The van der Waals surface area contributed by atoms with Crippen molar-refractivity contribution in [1.29, 1.82) is 0 Å². The average molecular weight is 237 g/mol. The molecule has 0 bridgehead atoms. The fourth-order valence-corrected chi connectivity index (χ4v) is 1.87. The van der Waals surface area contributed by atoms with Crippen molar-refractivity contribution in [2.45, 2.75) is 44.4 Å². The predicted octanol–water partition coefficient (Wildman–Crippen LogP) is 4.84. The first-order chi connectivity index (χ1) is 7.76. The Labute approximate surface area is 105 Å². The Bertz CT molecular complexity index is 299. The molecule has 1 rings (SSSR count). The third-order valence-corrected chi connectivity index (χ3v) is 3.09. The molecule has 0 aliphatic carbocycles. The summed E-state index contributed by atoms with van der Waals surface area (Å²) in [7, 11) is 0. The summed E-state index contributed by atoms with van der Waals surface area (Å²) in [6, 6.07) is 7.76. The molecule has 0 N–H and O–H groups in total. The van der Waals surface area contributed by atoms with E-state index in [1.54, 1.807) is 0 Å². The topological polar surface area (TPSA) is 9.23 Å². The van der Waals surface area contributed by atoms with Crippen molar-refractivity contribution in [3.63, 3.8) is 0 Å². The molecule has 0 saturated heterocycles. The summed E-state index contributed by atoms with van der Waals surface area (Å²) >= 11 is 5.10. The van der Waals surface area contributed by atoms with Crippen molar-refractivity contribution in [1.82, 2.24) is 0 Å². The van der Waals surface area contributed by atoms with E-state index >= 15 is 0 Å². The molecule has 0 aliphatic rings. The zero-order valence-corrected chi connectivity index (χ0v) is 11.1. The highest BCUT2D eigenvalue weighted by Crippen LogP contribution is 2.19. The Kier molecular flexibility index (Phi) is 6.24. The summed E-state index contributed by atoms with van der Waals surface area (Å²) in [5.41, 5.74) is 0. The molecule has 89 valence electrons. The molecular formula is C14H21OS. The van der Waals surface area contributed by atoms with Crippen LogP contribution in [0.4, 0.5) is 0 Å². The first-order valence-electron chi connectivity index (χ1n) is 6.16. The molecule has 0 fully saturated rings. The molecule has 0 aliphatic heterocycles. The van der Waals surface area contributed by atoms with E-state index in [1.165, 1.54) is 25.7 Å². The molecule has 16 heavy (non-hydrogen) atoms. The number of benzene rings is 1. The van der Waals surface area contributed by atoms with Gasteiger partial charge in [-0.3, -0.25) is 0 Å². The highest BCUT2D eigenvalue weighted by Gasteiger charge is 2.06. The van der Waals surface area contributed by atoms with Gasteiger partial charge in [0.1, 0.15) is 5.75 Å². The third kappa shape index (κ3) is 4.84. The normalized spacial score (nSPS) is 12.4. The van der Waals surface area contributed by atoms with Crippen LogP contribution >= 0.6 is 12.6 Å². The summed E-state index contributed by atoms with van der Waals surface area (Å²) in [6.07, 6.45) is 5.01. The quantitative estimate of drug-likeness (QED) is 0.659. The Hall–Kier alpha value is -0.760. The molecule has 1 atom stereocenters. The van der Waals surface area contributed by atoms with Gasteiger partial charge in [-0.25, -0.2) is 0 Å². The number of rotatable bonds is 7. The fraction of sp³-hybridized carbons (Fsp3) is 0.571. The number of hydrogen-bond donors (Lipinski definition) is 0. The standard InChI is InChI=1S/C14H21OS/c1-3-5-7-12(4-2)11-15-13-8-6-9-14(16)10-13/h6,8-10,12H,3-5,7,11H2,1-2H3.